The SMILES string of the molecule is CN(C)N1CC2CN(I)CC21. The van der Waals surface area contributed by atoms with Crippen molar-refractivity contribution in [3.8, 4) is 0 Å². The fourth-order valence-electron chi connectivity index (χ4n) is 2.02. The number of hydrogen-bond acceptors (Lipinski definition) is 3. The molecule has 64 valence electrons. The molecule has 0 saturated carbocycles. The van der Waals surface area contributed by atoms with Gasteiger partial charge in [-0.2, -0.15) is 0 Å². The molecule has 0 aliphatic carbocycles. The Morgan fingerprint density at radius 1 is 1.27 bits per heavy atom. The Morgan fingerprint density at radius 3 is 2.55 bits per heavy atom. The minimum absolute atomic E-state index is 0.807. The lowest BCUT2D eigenvalue weighted by Gasteiger charge is -2.47. The van der Waals surface area contributed by atoms with Crippen molar-refractivity contribution in [2.75, 3.05) is 33.7 Å². The van der Waals surface area contributed by atoms with E-state index < -0.39 is 0 Å². The molecular formula is C7H14IN3. The van der Waals surface area contributed by atoms with Crippen LogP contribution >= 0.6 is 22.9 Å². The van der Waals surface area contributed by atoms with Gasteiger partial charge in [-0.15, -0.1) is 0 Å². The standard InChI is InChI=1S/C7H14IN3/c1-9(2)11-4-6-3-10(8)5-7(6)11/h6-7H,3-5H2,1-2H3. The molecule has 4 heteroatoms. The van der Waals surface area contributed by atoms with E-state index in [2.05, 4.69) is 50.1 Å². The summed E-state index contributed by atoms with van der Waals surface area (Å²) in [5.41, 5.74) is 0. The summed E-state index contributed by atoms with van der Waals surface area (Å²) >= 11 is 2.42. The van der Waals surface area contributed by atoms with Gasteiger partial charge in [0.15, 0.2) is 0 Å². The van der Waals surface area contributed by atoms with Gasteiger partial charge in [0.05, 0.1) is 0 Å². The highest BCUT2D eigenvalue weighted by Gasteiger charge is 2.45. The van der Waals surface area contributed by atoms with Gasteiger partial charge in [0, 0.05) is 68.6 Å². The molecule has 0 radical (unpaired) electrons. The van der Waals surface area contributed by atoms with Crippen LogP contribution in [0, 0.1) is 5.92 Å². The predicted octanol–water partition coefficient (Wildman–Crippen LogP) is 0.429. The molecule has 0 aromatic rings. The van der Waals surface area contributed by atoms with Crippen LogP contribution in [0.1, 0.15) is 0 Å². The van der Waals surface area contributed by atoms with Gasteiger partial charge in [0.1, 0.15) is 0 Å². The van der Waals surface area contributed by atoms with E-state index in [1.165, 1.54) is 19.6 Å². The summed E-state index contributed by atoms with van der Waals surface area (Å²) in [7, 11) is 4.26. The summed E-state index contributed by atoms with van der Waals surface area (Å²) in [6, 6.07) is 0.807. The third kappa shape index (κ3) is 1.30. The topological polar surface area (TPSA) is 9.72 Å². The summed E-state index contributed by atoms with van der Waals surface area (Å²) < 4.78 is 2.40. The second-order valence-electron chi connectivity index (χ2n) is 3.62. The Balaban J connectivity index is 1.94. The lowest BCUT2D eigenvalue weighted by atomic mass is 9.94. The Labute approximate surface area is 81.8 Å². The van der Waals surface area contributed by atoms with Crippen LogP contribution in [0.2, 0.25) is 0 Å². The molecule has 2 heterocycles. The van der Waals surface area contributed by atoms with Gasteiger partial charge in [0.2, 0.25) is 0 Å². The van der Waals surface area contributed by atoms with Gasteiger partial charge in [-0.25, -0.2) is 13.1 Å². The molecule has 2 aliphatic heterocycles. The Hall–Kier alpha value is 0.610. The smallest absolute Gasteiger partial charge is 0.0434 e. The minimum atomic E-state index is 0.807. The fourth-order valence-corrected chi connectivity index (χ4v) is 2.93. The molecule has 11 heavy (non-hydrogen) atoms. The third-order valence-electron chi connectivity index (χ3n) is 2.68. The van der Waals surface area contributed by atoms with Crippen LogP contribution in [0.15, 0.2) is 0 Å². The van der Waals surface area contributed by atoms with Crippen LogP contribution in [0.4, 0.5) is 0 Å². The van der Waals surface area contributed by atoms with Crippen molar-refractivity contribution in [2.24, 2.45) is 5.92 Å². The highest BCUT2D eigenvalue weighted by atomic mass is 127. The minimum Gasteiger partial charge on any atom is -0.248 e. The van der Waals surface area contributed by atoms with Crippen LogP contribution in [0.3, 0.4) is 0 Å². The summed E-state index contributed by atoms with van der Waals surface area (Å²) in [5, 5.41) is 4.67. The van der Waals surface area contributed by atoms with Crippen molar-refractivity contribution in [1.29, 1.82) is 0 Å². The zero-order valence-electron chi connectivity index (χ0n) is 7.00. The van der Waals surface area contributed by atoms with E-state index in [9.17, 15) is 0 Å². The molecule has 0 amide bonds. The van der Waals surface area contributed by atoms with Crippen molar-refractivity contribution in [3.63, 3.8) is 0 Å². The van der Waals surface area contributed by atoms with Crippen molar-refractivity contribution in [2.45, 2.75) is 6.04 Å². The largest absolute Gasteiger partial charge is 0.248 e. The number of hydrazine groups is 1. The van der Waals surface area contributed by atoms with Gasteiger partial charge >= 0.3 is 0 Å². The number of rotatable bonds is 1. The van der Waals surface area contributed by atoms with E-state index in [0.717, 1.165) is 12.0 Å². The van der Waals surface area contributed by atoms with Crippen molar-refractivity contribution < 1.29 is 0 Å². The Kier molecular flexibility index (Phi) is 2.11. The molecule has 2 atom stereocenters. The number of nitrogens with zero attached hydrogens (tertiary/aromatic N) is 3. The van der Waals surface area contributed by atoms with E-state index in [1.807, 2.05) is 0 Å². The molecule has 2 saturated heterocycles. The maximum Gasteiger partial charge on any atom is 0.0434 e. The average molecular weight is 267 g/mol. The van der Waals surface area contributed by atoms with E-state index in [0.29, 0.717) is 0 Å². The number of hydrogen-bond donors (Lipinski definition) is 0. The molecule has 2 fully saturated rings. The summed E-state index contributed by atoms with van der Waals surface area (Å²) in [4.78, 5) is 0. The van der Waals surface area contributed by atoms with Crippen molar-refractivity contribution in [3.05, 3.63) is 0 Å². The van der Waals surface area contributed by atoms with Crippen molar-refractivity contribution >= 4 is 22.9 Å². The highest BCUT2D eigenvalue weighted by molar-refractivity contribution is 14.1. The lowest BCUT2D eigenvalue weighted by Crippen LogP contribution is -2.60. The molecule has 2 unspecified atom stereocenters. The highest BCUT2D eigenvalue weighted by Crippen LogP contribution is 2.33. The first-order chi connectivity index (χ1) is 5.18. The Morgan fingerprint density at radius 2 is 2.00 bits per heavy atom. The summed E-state index contributed by atoms with van der Waals surface area (Å²) in [6.45, 7) is 3.79. The maximum atomic E-state index is 2.45. The van der Waals surface area contributed by atoms with Crippen molar-refractivity contribution in [1.82, 2.24) is 13.1 Å². The molecule has 0 aromatic carbocycles. The lowest BCUT2D eigenvalue weighted by molar-refractivity contribution is -0.106. The zero-order chi connectivity index (χ0) is 8.01. The number of halogens is 1. The molecule has 0 N–H and O–H groups in total. The summed E-state index contributed by atoms with van der Waals surface area (Å²) in [6.07, 6.45) is 0. The second kappa shape index (κ2) is 2.83. The van der Waals surface area contributed by atoms with Crippen LogP contribution < -0.4 is 0 Å². The van der Waals surface area contributed by atoms with Gasteiger partial charge in [-0.3, -0.25) is 0 Å². The molecule has 0 bridgehead atoms. The van der Waals surface area contributed by atoms with Crippen LogP contribution in [0.25, 0.3) is 0 Å². The average Bonchev–Trinajstić information content (AvgIpc) is 2.13. The van der Waals surface area contributed by atoms with E-state index in [-0.39, 0.29) is 0 Å². The van der Waals surface area contributed by atoms with Gasteiger partial charge < -0.3 is 0 Å². The number of fused-ring (bicyclic) bond motifs is 1. The first-order valence-corrected chi connectivity index (χ1v) is 4.99. The van der Waals surface area contributed by atoms with E-state index in [4.69, 9.17) is 0 Å². The van der Waals surface area contributed by atoms with Crippen LogP contribution in [-0.2, 0) is 0 Å². The quantitative estimate of drug-likeness (QED) is 0.504. The second-order valence-corrected chi connectivity index (χ2v) is 4.99. The maximum absolute atomic E-state index is 2.45. The first-order valence-electron chi connectivity index (χ1n) is 4.03. The molecule has 2 rings (SSSR count). The Bertz CT molecular complexity index is 162. The monoisotopic (exact) mass is 267 g/mol. The molecule has 0 aromatic heterocycles. The molecule has 3 nitrogen and oxygen atoms in total. The van der Waals surface area contributed by atoms with Crippen LogP contribution in [-0.4, -0.2) is 52.9 Å². The molecule has 2 aliphatic rings. The van der Waals surface area contributed by atoms with Gasteiger partial charge in [-0.05, 0) is 0 Å². The normalized spacial score (nSPS) is 39.3. The van der Waals surface area contributed by atoms with Crippen LogP contribution in [0.5, 0.6) is 0 Å². The predicted molar refractivity (Wildman–Crippen MR) is 53.3 cm³/mol. The summed E-state index contributed by atoms with van der Waals surface area (Å²) in [5.74, 6) is 0.939. The van der Waals surface area contributed by atoms with Gasteiger partial charge in [-0.1, -0.05) is 0 Å². The molecule has 0 spiro atoms. The van der Waals surface area contributed by atoms with Gasteiger partial charge in [0.25, 0.3) is 0 Å². The zero-order valence-corrected chi connectivity index (χ0v) is 9.15. The van der Waals surface area contributed by atoms with E-state index >= 15 is 0 Å². The van der Waals surface area contributed by atoms with E-state index in [1.54, 1.807) is 0 Å². The fraction of sp³-hybridized carbons (Fsp3) is 1.00. The third-order valence-corrected chi connectivity index (χ3v) is 3.47. The first kappa shape index (κ1) is 8.22. The molecular weight excluding hydrogens is 253 g/mol.